The Morgan fingerprint density at radius 2 is 0.618 bits per heavy atom. The Bertz CT molecular complexity index is 3630. The van der Waals surface area contributed by atoms with Crippen molar-refractivity contribution >= 4 is 59.3 Å². The van der Waals surface area contributed by atoms with Crippen molar-refractivity contribution in [1.82, 2.24) is 0 Å². The lowest BCUT2D eigenvalue weighted by Gasteiger charge is -2.35. The van der Waals surface area contributed by atoms with Gasteiger partial charge in [0, 0.05) is 37.2 Å². The third kappa shape index (κ3) is 5.50. The first kappa shape index (κ1) is 38.9. The number of nitrogens with zero attached hydrogens (tertiary/aromatic N) is 1. The van der Waals surface area contributed by atoms with Gasteiger partial charge in [-0.1, -0.05) is 206 Å². The van der Waals surface area contributed by atoms with E-state index in [9.17, 15) is 0 Å². The molecule has 2 heteroatoms. The number of hydrogen-bond acceptors (Lipinski definition) is 2. The van der Waals surface area contributed by atoms with Crippen LogP contribution in [0.25, 0.3) is 53.2 Å². The molecule has 318 valence electrons. The molecule has 0 aliphatic heterocycles. The predicted molar refractivity (Wildman–Crippen MR) is 286 cm³/mol. The fraction of sp³-hybridized carbons (Fsp3) is 0.0303. The molecule has 1 heterocycles. The average molecular weight is 882 g/mol. The lowest BCUT2D eigenvalue weighted by atomic mass is 9.67. The Morgan fingerprint density at radius 3 is 1.07 bits per heavy atom. The first-order chi connectivity index (χ1) is 33.7. The summed E-state index contributed by atoms with van der Waals surface area (Å²) in [7, 11) is 0. The highest BCUT2D eigenvalue weighted by atomic mass is 32.1. The minimum Gasteiger partial charge on any atom is -0.310 e. The zero-order chi connectivity index (χ0) is 44.8. The van der Waals surface area contributed by atoms with Crippen molar-refractivity contribution < 1.29 is 0 Å². The monoisotopic (exact) mass is 881 g/mol. The number of benzene rings is 11. The van der Waals surface area contributed by atoms with Crippen molar-refractivity contribution in [3.8, 4) is 22.3 Å². The van der Waals surface area contributed by atoms with E-state index in [0.29, 0.717) is 0 Å². The largest absolute Gasteiger partial charge is 0.310 e. The van der Waals surface area contributed by atoms with Crippen LogP contribution in [0.5, 0.6) is 0 Å². The van der Waals surface area contributed by atoms with E-state index >= 15 is 0 Å². The van der Waals surface area contributed by atoms with E-state index in [0.717, 1.165) is 17.1 Å². The van der Waals surface area contributed by atoms with Crippen molar-refractivity contribution in [2.75, 3.05) is 4.90 Å². The van der Waals surface area contributed by atoms with Gasteiger partial charge < -0.3 is 4.90 Å². The number of fused-ring (bicyclic) bond motifs is 10. The smallest absolute Gasteiger partial charge is 0.0713 e. The van der Waals surface area contributed by atoms with Crippen LogP contribution in [0.15, 0.2) is 261 Å². The molecule has 0 atom stereocenters. The molecule has 2 aliphatic rings. The second-order valence-corrected chi connectivity index (χ2v) is 19.4. The summed E-state index contributed by atoms with van der Waals surface area (Å²) in [6.07, 6.45) is 0. The summed E-state index contributed by atoms with van der Waals surface area (Å²) in [5.41, 5.74) is 17.8. The molecule has 0 amide bonds. The fourth-order valence-electron chi connectivity index (χ4n) is 12.2. The normalized spacial score (nSPS) is 13.8. The summed E-state index contributed by atoms with van der Waals surface area (Å²) in [4.78, 5) is 2.45. The summed E-state index contributed by atoms with van der Waals surface area (Å²) < 4.78 is 2.60. The molecule has 1 aromatic heterocycles. The number of anilines is 3. The molecule has 2 aliphatic carbocycles. The molecular formula is C66H43NS. The van der Waals surface area contributed by atoms with Gasteiger partial charge in [-0.3, -0.25) is 0 Å². The van der Waals surface area contributed by atoms with E-state index in [1.807, 2.05) is 11.3 Å². The van der Waals surface area contributed by atoms with E-state index in [2.05, 4.69) is 266 Å². The van der Waals surface area contributed by atoms with E-state index in [1.165, 1.54) is 97.7 Å². The second-order valence-electron chi connectivity index (χ2n) is 18.3. The highest BCUT2D eigenvalue weighted by Crippen LogP contribution is 2.58. The van der Waals surface area contributed by atoms with Crippen LogP contribution in [0, 0.1) is 0 Å². The van der Waals surface area contributed by atoms with Gasteiger partial charge >= 0.3 is 0 Å². The molecule has 14 rings (SSSR count). The Morgan fingerprint density at radius 1 is 0.265 bits per heavy atom. The van der Waals surface area contributed by atoms with Crippen LogP contribution in [0.1, 0.15) is 44.5 Å². The molecular weight excluding hydrogens is 839 g/mol. The lowest BCUT2D eigenvalue weighted by Crippen LogP contribution is -2.28. The molecule has 0 radical (unpaired) electrons. The Hall–Kier alpha value is -8.30. The summed E-state index contributed by atoms with van der Waals surface area (Å²) in [6, 6.07) is 97.5. The van der Waals surface area contributed by atoms with Crippen LogP contribution in [0.3, 0.4) is 0 Å². The quantitative estimate of drug-likeness (QED) is 0.154. The Balaban J connectivity index is 0.970. The van der Waals surface area contributed by atoms with E-state index in [-0.39, 0.29) is 0 Å². The van der Waals surface area contributed by atoms with E-state index in [4.69, 9.17) is 0 Å². The minimum absolute atomic E-state index is 0.476. The van der Waals surface area contributed by atoms with E-state index in [1.54, 1.807) is 0 Å². The van der Waals surface area contributed by atoms with Crippen molar-refractivity contribution in [2.24, 2.45) is 0 Å². The van der Waals surface area contributed by atoms with Crippen LogP contribution in [0.2, 0.25) is 0 Å². The van der Waals surface area contributed by atoms with Gasteiger partial charge in [0.15, 0.2) is 0 Å². The predicted octanol–water partition coefficient (Wildman–Crippen LogP) is 17.4. The van der Waals surface area contributed by atoms with Gasteiger partial charge in [-0.15, -0.1) is 11.3 Å². The topological polar surface area (TPSA) is 3.24 Å². The summed E-state index contributed by atoms with van der Waals surface area (Å²) in [5.74, 6) is 0. The second kappa shape index (κ2) is 15.1. The van der Waals surface area contributed by atoms with E-state index < -0.39 is 10.8 Å². The molecule has 0 saturated carbocycles. The van der Waals surface area contributed by atoms with Gasteiger partial charge in [-0.05, 0) is 132 Å². The maximum atomic E-state index is 2.45. The summed E-state index contributed by atoms with van der Waals surface area (Å²) in [6.45, 7) is 0. The molecule has 0 N–H and O–H groups in total. The highest BCUT2D eigenvalue weighted by Gasteiger charge is 2.47. The summed E-state index contributed by atoms with van der Waals surface area (Å²) >= 11 is 1.87. The SMILES string of the molecule is c1ccc(C2(c3ccc(N(c4ccc(C5(c6ccccc6)c6ccccc6-c6ccccc65)cc4)c4ccc5sc6cc7ccccc7cc6c5c4)cc3)c3ccccc3-c3ccccc32)cc1. The number of rotatable bonds is 7. The first-order valence-electron chi connectivity index (χ1n) is 23.6. The fourth-order valence-corrected chi connectivity index (χ4v) is 13.3. The molecule has 0 fully saturated rings. The molecule has 11 aromatic carbocycles. The maximum Gasteiger partial charge on any atom is 0.0713 e. The third-order valence-corrected chi connectivity index (χ3v) is 16.1. The van der Waals surface area contributed by atoms with Gasteiger partial charge in [0.1, 0.15) is 0 Å². The zero-order valence-electron chi connectivity index (χ0n) is 37.2. The highest BCUT2D eigenvalue weighted by molar-refractivity contribution is 7.25. The Labute approximate surface area is 400 Å². The van der Waals surface area contributed by atoms with Gasteiger partial charge in [0.05, 0.1) is 10.8 Å². The molecule has 12 aromatic rings. The minimum atomic E-state index is -0.476. The molecule has 68 heavy (non-hydrogen) atoms. The van der Waals surface area contributed by atoms with Crippen molar-refractivity contribution in [1.29, 1.82) is 0 Å². The van der Waals surface area contributed by atoms with Crippen LogP contribution < -0.4 is 4.90 Å². The average Bonchev–Trinajstić information content (AvgIpc) is 4.03. The van der Waals surface area contributed by atoms with Crippen molar-refractivity contribution in [3.63, 3.8) is 0 Å². The van der Waals surface area contributed by atoms with Gasteiger partial charge in [-0.25, -0.2) is 0 Å². The summed E-state index contributed by atoms with van der Waals surface area (Å²) in [5, 5.41) is 5.10. The van der Waals surface area contributed by atoms with Crippen LogP contribution in [0.4, 0.5) is 17.1 Å². The van der Waals surface area contributed by atoms with Crippen molar-refractivity contribution in [2.45, 2.75) is 10.8 Å². The standard InChI is InChI=1S/C66H43NS/c1-3-19-46(20-4-1)65(59-27-13-9-23-53(59)54-24-10-14-28-60(54)65)48-31-35-50(36-32-48)67(52-39-40-63-58(43-52)57-41-44-17-7-8-18-45(44)42-64(57)68-63)51-37-33-49(34-38-51)66(47-21-5-2-6-22-47)61-29-15-11-25-55(61)56-26-12-16-30-62(56)66/h1-43H. The number of hydrogen-bond donors (Lipinski definition) is 0. The molecule has 0 unspecified atom stereocenters. The molecule has 0 spiro atoms. The first-order valence-corrected chi connectivity index (χ1v) is 24.4. The molecule has 0 bridgehead atoms. The van der Waals surface area contributed by atoms with Gasteiger partial charge in [0.2, 0.25) is 0 Å². The van der Waals surface area contributed by atoms with Crippen molar-refractivity contribution in [3.05, 3.63) is 305 Å². The number of thiophene rings is 1. The lowest BCUT2D eigenvalue weighted by molar-refractivity contribution is 0.768. The maximum absolute atomic E-state index is 2.45. The third-order valence-electron chi connectivity index (χ3n) is 15.0. The van der Waals surface area contributed by atoms with Crippen LogP contribution in [-0.4, -0.2) is 0 Å². The van der Waals surface area contributed by atoms with Gasteiger partial charge in [0.25, 0.3) is 0 Å². The zero-order valence-corrected chi connectivity index (χ0v) is 38.0. The van der Waals surface area contributed by atoms with Crippen LogP contribution >= 0.6 is 11.3 Å². The molecule has 1 nitrogen and oxygen atoms in total. The van der Waals surface area contributed by atoms with Gasteiger partial charge in [-0.2, -0.15) is 0 Å². The van der Waals surface area contributed by atoms with Crippen LogP contribution in [-0.2, 0) is 10.8 Å². The molecule has 0 saturated heterocycles. The Kier molecular flexibility index (Phi) is 8.65.